The summed E-state index contributed by atoms with van der Waals surface area (Å²) in [6.45, 7) is 0. The molecule has 0 unspecified atom stereocenters. The van der Waals surface area contributed by atoms with E-state index in [1.165, 1.54) is 0 Å². The number of carboxylic acid groups (broad SMARTS) is 1. The quantitative estimate of drug-likeness (QED) is 0.846. The van der Waals surface area contributed by atoms with Gasteiger partial charge in [-0.3, -0.25) is 9.59 Å². The van der Waals surface area contributed by atoms with Gasteiger partial charge in [-0.1, -0.05) is 28.1 Å². The third-order valence-corrected chi connectivity index (χ3v) is 4.15. The molecule has 0 atom stereocenters. The summed E-state index contributed by atoms with van der Waals surface area (Å²) in [6.07, 6.45) is 0.823. The van der Waals surface area contributed by atoms with Gasteiger partial charge in [-0.2, -0.15) is 0 Å². The van der Waals surface area contributed by atoms with Gasteiger partial charge in [0.25, 0.3) is 0 Å². The molecule has 0 spiro atoms. The van der Waals surface area contributed by atoms with E-state index < -0.39 is 17.3 Å². The zero-order valence-corrected chi connectivity index (χ0v) is 12.1. The fourth-order valence-electron chi connectivity index (χ4n) is 2.21. The number of amides is 1. The summed E-state index contributed by atoms with van der Waals surface area (Å²) in [4.78, 5) is 23.1. The molecule has 2 aromatic rings. The van der Waals surface area contributed by atoms with Crippen LogP contribution in [0.3, 0.4) is 0 Å². The Balaban J connectivity index is 1.86. The van der Waals surface area contributed by atoms with Gasteiger partial charge in [0.2, 0.25) is 5.91 Å². The van der Waals surface area contributed by atoms with Crippen LogP contribution < -0.4 is 5.32 Å². The first kappa shape index (κ1) is 13.1. The third-order valence-electron chi connectivity index (χ3n) is 3.65. The molecule has 2 aromatic carbocycles. The van der Waals surface area contributed by atoms with E-state index in [0.29, 0.717) is 18.5 Å². The van der Waals surface area contributed by atoms with Crippen molar-refractivity contribution in [1.82, 2.24) is 0 Å². The second-order valence-electron chi connectivity index (χ2n) is 5.05. The predicted molar refractivity (Wildman–Crippen MR) is 79.6 cm³/mol. The number of nitrogens with one attached hydrogen (secondary N) is 1. The van der Waals surface area contributed by atoms with Crippen LogP contribution in [-0.4, -0.2) is 17.0 Å². The van der Waals surface area contributed by atoms with Crippen molar-refractivity contribution in [3.63, 3.8) is 0 Å². The first-order valence-corrected chi connectivity index (χ1v) is 7.05. The molecule has 5 heteroatoms. The average Bonchev–Trinajstić information content (AvgIpc) is 3.20. The Labute approximate surface area is 123 Å². The first-order valence-electron chi connectivity index (χ1n) is 6.25. The van der Waals surface area contributed by atoms with E-state index in [0.717, 1.165) is 15.2 Å². The number of benzene rings is 2. The van der Waals surface area contributed by atoms with E-state index in [9.17, 15) is 9.59 Å². The predicted octanol–water partition coefficient (Wildman–Crippen LogP) is 3.41. The molecule has 4 nitrogen and oxygen atoms in total. The van der Waals surface area contributed by atoms with Gasteiger partial charge in [-0.15, -0.1) is 0 Å². The molecular weight excluding hydrogens is 322 g/mol. The highest BCUT2D eigenvalue weighted by Gasteiger charge is 2.57. The van der Waals surface area contributed by atoms with E-state index in [2.05, 4.69) is 21.2 Å². The van der Waals surface area contributed by atoms with Crippen molar-refractivity contribution in [3.05, 3.63) is 40.9 Å². The second kappa shape index (κ2) is 4.59. The molecule has 0 bridgehead atoms. The lowest BCUT2D eigenvalue weighted by Gasteiger charge is -2.11. The Morgan fingerprint density at radius 2 is 1.75 bits per heavy atom. The SMILES string of the molecule is O=C(O)C1(C(=O)Nc2ccc3cc(Br)ccc3c2)CC1. The lowest BCUT2D eigenvalue weighted by Crippen LogP contribution is -2.31. The van der Waals surface area contributed by atoms with Crippen molar-refractivity contribution in [2.75, 3.05) is 5.32 Å². The Kier molecular flexibility index (Phi) is 3.01. The van der Waals surface area contributed by atoms with Crippen molar-refractivity contribution in [2.45, 2.75) is 12.8 Å². The molecule has 0 aliphatic heterocycles. The Hall–Kier alpha value is -1.88. The molecule has 1 aliphatic carbocycles. The van der Waals surface area contributed by atoms with Gasteiger partial charge in [-0.05, 0) is 47.9 Å². The van der Waals surface area contributed by atoms with Crippen LogP contribution in [0.2, 0.25) is 0 Å². The average molecular weight is 334 g/mol. The van der Waals surface area contributed by atoms with Crippen LogP contribution in [0.25, 0.3) is 10.8 Å². The molecule has 1 aliphatic rings. The van der Waals surface area contributed by atoms with Gasteiger partial charge >= 0.3 is 5.97 Å². The van der Waals surface area contributed by atoms with Crippen molar-refractivity contribution >= 4 is 44.3 Å². The van der Waals surface area contributed by atoms with Crippen LogP contribution >= 0.6 is 15.9 Å². The maximum Gasteiger partial charge on any atom is 0.319 e. The van der Waals surface area contributed by atoms with Crippen molar-refractivity contribution < 1.29 is 14.7 Å². The van der Waals surface area contributed by atoms with Crippen LogP contribution in [0.1, 0.15) is 12.8 Å². The molecule has 1 fully saturated rings. The molecule has 0 aromatic heterocycles. The molecular formula is C15H12BrNO3. The number of carbonyl (C=O) groups is 2. The Morgan fingerprint density at radius 3 is 2.40 bits per heavy atom. The molecule has 2 N–H and O–H groups in total. The van der Waals surface area contributed by atoms with E-state index in [1.807, 2.05) is 30.3 Å². The zero-order valence-electron chi connectivity index (χ0n) is 10.5. The molecule has 1 saturated carbocycles. The fraction of sp³-hybridized carbons (Fsp3) is 0.200. The summed E-state index contributed by atoms with van der Waals surface area (Å²) in [7, 11) is 0. The Morgan fingerprint density at radius 1 is 1.10 bits per heavy atom. The lowest BCUT2D eigenvalue weighted by atomic mass is 10.1. The minimum Gasteiger partial charge on any atom is -0.480 e. The van der Waals surface area contributed by atoms with Crippen molar-refractivity contribution in [1.29, 1.82) is 0 Å². The van der Waals surface area contributed by atoms with Gasteiger partial charge in [0.1, 0.15) is 5.41 Å². The Bertz CT molecular complexity index is 722. The van der Waals surface area contributed by atoms with E-state index >= 15 is 0 Å². The number of anilines is 1. The van der Waals surface area contributed by atoms with Gasteiger partial charge in [-0.25, -0.2) is 0 Å². The van der Waals surface area contributed by atoms with Crippen LogP contribution in [0.15, 0.2) is 40.9 Å². The molecule has 0 heterocycles. The highest BCUT2D eigenvalue weighted by atomic mass is 79.9. The second-order valence-corrected chi connectivity index (χ2v) is 5.96. The maximum atomic E-state index is 12.0. The molecule has 0 saturated heterocycles. The molecule has 0 radical (unpaired) electrons. The zero-order chi connectivity index (χ0) is 14.3. The topological polar surface area (TPSA) is 66.4 Å². The smallest absolute Gasteiger partial charge is 0.319 e. The fourth-order valence-corrected chi connectivity index (χ4v) is 2.59. The maximum absolute atomic E-state index is 12.0. The number of hydrogen-bond donors (Lipinski definition) is 2. The van der Waals surface area contributed by atoms with Gasteiger partial charge in [0.15, 0.2) is 0 Å². The van der Waals surface area contributed by atoms with Crippen molar-refractivity contribution in [3.8, 4) is 0 Å². The summed E-state index contributed by atoms with van der Waals surface area (Å²) >= 11 is 3.41. The number of carbonyl (C=O) groups excluding carboxylic acids is 1. The number of rotatable bonds is 3. The van der Waals surface area contributed by atoms with E-state index in [-0.39, 0.29) is 0 Å². The summed E-state index contributed by atoms with van der Waals surface area (Å²) in [5, 5.41) is 13.8. The minimum absolute atomic E-state index is 0.411. The van der Waals surface area contributed by atoms with E-state index in [4.69, 9.17) is 5.11 Å². The molecule has 102 valence electrons. The normalized spacial score (nSPS) is 15.8. The van der Waals surface area contributed by atoms with Crippen LogP contribution in [0.4, 0.5) is 5.69 Å². The number of fused-ring (bicyclic) bond motifs is 1. The summed E-state index contributed by atoms with van der Waals surface area (Å²) in [5.41, 5.74) is -0.591. The number of aliphatic carboxylic acids is 1. The van der Waals surface area contributed by atoms with Crippen LogP contribution in [0.5, 0.6) is 0 Å². The van der Waals surface area contributed by atoms with Crippen molar-refractivity contribution in [2.24, 2.45) is 5.41 Å². The lowest BCUT2D eigenvalue weighted by molar-refractivity contribution is -0.147. The number of carboxylic acids is 1. The summed E-state index contributed by atoms with van der Waals surface area (Å²) in [5.74, 6) is -1.47. The number of hydrogen-bond acceptors (Lipinski definition) is 2. The minimum atomic E-state index is -1.21. The van der Waals surface area contributed by atoms with Crippen LogP contribution in [-0.2, 0) is 9.59 Å². The molecule has 20 heavy (non-hydrogen) atoms. The molecule has 3 rings (SSSR count). The monoisotopic (exact) mass is 333 g/mol. The highest BCUT2D eigenvalue weighted by Crippen LogP contribution is 2.46. The first-order chi connectivity index (χ1) is 9.51. The van der Waals surface area contributed by atoms with E-state index in [1.54, 1.807) is 6.07 Å². The summed E-state index contributed by atoms with van der Waals surface area (Å²) in [6, 6.07) is 11.4. The number of halogens is 1. The van der Waals surface area contributed by atoms with Gasteiger partial charge in [0.05, 0.1) is 0 Å². The summed E-state index contributed by atoms with van der Waals surface area (Å²) < 4.78 is 0.990. The molecule has 1 amide bonds. The van der Waals surface area contributed by atoms with Gasteiger partial charge in [0, 0.05) is 10.2 Å². The standard InChI is InChI=1S/C15H12BrNO3/c16-11-3-1-10-8-12(4-2-9(10)7-11)17-13(18)15(5-6-15)14(19)20/h1-4,7-8H,5-6H2,(H,17,18)(H,19,20). The highest BCUT2D eigenvalue weighted by molar-refractivity contribution is 9.10. The largest absolute Gasteiger partial charge is 0.480 e. The van der Waals surface area contributed by atoms with Crippen LogP contribution in [0, 0.1) is 5.41 Å². The third kappa shape index (κ3) is 2.18. The van der Waals surface area contributed by atoms with Gasteiger partial charge < -0.3 is 10.4 Å².